The molecule has 0 bridgehead atoms. The van der Waals surface area contributed by atoms with Gasteiger partial charge in [-0.3, -0.25) is 24.4 Å². The molecule has 0 spiro atoms. The maximum Gasteiger partial charge on any atom is 0.322 e. The fourth-order valence-corrected chi connectivity index (χ4v) is 3.39. The third kappa shape index (κ3) is 3.66. The van der Waals surface area contributed by atoms with E-state index in [0.717, 1.165) is 12.1 Å². The number of carbonyl (C=O) groups is 2. The lowest BCUT2D eigenvalue weighted by Gasteiger charge is -2.28. The number of aromatic nitrogens is 2. The van der Waals surface area contributed by atoms with Gasteiger partial charge in [-0.05, 0) is 38.3 Å². The average Bonchev–Trinajstić information content (AvgIpc) is 2.91. The maximum atomic E-state index is 12.9. The van der Waals surface area contributed by atoms with Crippen LogP contribution < -0.4 is 16.2 Å². The van der Waals surface area contributed by atoms with E-state index in [2.05, 4.69) is 10.6 Å². The molecule has 8 heteroatoms. The van der Waals surface area contributed by atoms with Gasteiger partial charge in [-0.1, -0.05) is 18.2 Å². The molecule has 1 aromatic heterocycles. The van der Waals surface area contributed by atoms with Crippen LogP contribution in [0.4, 0.5) is 5.69 Å². The first-order valence-corrected chi connectivity index (χ1v) is 8.92. The predicted molar refractivity (Wildman–Crippen MR) is 101 cm³/mol. The van der Waals surface area contributed by atoms with Crippen molar-refractivity contribution in [3.8, 4) is 5.69 Å². The number of benzene rings is 1. The Morgan fingerprint density at radius 1 is 1.19 bits per heavy atom. The largest absolute Gasteiger partial charge is 0.468 e. The summed E-state index contributed by atoms with van der Waals surface area (Å²) in [6.07, 6.45) is 1.95. The summed E-state index contributed by atoms with van der Waals surface area (Å²) in [5.41, 5.74) is 1.32. The number of methoxy groups -OCH3 is 1. The van der Waals surface area contributed by atoms with Crippen LogP contribution in [-0.4, -0.2) is 40.4 Å². The average molecular weight is 372 g/mol. The number of rotatable bonds is 4. The van der Waals surface area contributed by atoms with Crippen LogP contribution in [0.15, 0.2) is 35.1 Å². The number of hydrogen-bond donors (Lipinski definition) is 2. The van der Waals surface area contributed by atoms with Crippen LogP contribution in [0.3, 0.4) is 0 Å². The van der Waals surface area contributed by atoms with Crippen LogP contribution >= 0.6 is 0 Å². The van der Waals surface area contributed by atoms with E-state index in [-0.39, 0.29) is 23.1 Å². The quantitative estimate of drug-likeness (QED) is 0.784. The number of piperidine rings is 1. The number of anilines is 1. The zero-order valence-electron chi connectivity index (χ0n) is 15.7. The summed E-state index contributed by atoms with van der Waals surface area (Å²) in [5.74, 6) is -0.704. The van der Waals surface area contributed by atoms with Gasteiger partial charge in [0, 0.05) is 7.05 Å². The fraction of sp³-hybridized carbons (Fsp3) is 0.421. The van der Waals surface area contributed by atoms with Crippen LogP contribution in [0.1, 0.15) is 25.0 Å². The number of nitrogens with zero attached hydrogens (tertiary/aromatic N) is 2. The first kappa shape index (κ1) is 18.9. The number of carbonyl (C=O) groups excluding carboxylic acids is 2. The van der Waals surface area contributed by atoms with Crippen LogP contribution in [0.2, 0.25) is 0 Å². The first-order valence-electron chi connectivity index (χ1n) is 8.92. The number of esters is 1. The van der Waals surface area contributed by atoms with Gasteiger partial charge < -0.3 is 10.1 Å². The molecule has 2 aromatic rings. The maximum absolute atomic E-state index is 12.9. The smallest absolute Gasteiger partial charge is 0.322 e. The van der Waals surface area contributed by atoms with E-state index in [4.69, 9.17) is 4.74 Å². The molecule has 1 aliphatic rings. The fourth-order valence-electron chi connectivity index (χ4n) is 3.39. The number of ether oxygens (including phenoxy) is 1. The Morgan fingerprint density at radius 3 is 2.52 bits per heavy atom. The summed E-state index contributed by atoms with van der Waals surface area (Å²) in [6.45, 7) is 1.78. The van der Waals surface area contributed by atoms with Crippen molar-refractivity contribution in [2.45, 2.75) is 38.3 Å². The number of para-hydroxylation sites is 1. The van der Waals surface area contributed by atoms with Crippen molar-refractivity contribution in [1.29, 1.82) is 0 Å². The Kier molecular flexibility index (Phi) is 5.46. The van der Waals surface area contributed by atoms with Crippen LogP contribution in [-0.2, 0) is 21.4 Å². The van der Waals surface area contributed by atoms with Crippen molar-refractivity contribution >= 4 is 17.6 Å². The van der Waals surface area contributed by atoms with Gasteiger partial charge >= 0.3 is 5.97 Å². The Labute approximate surface area is 157 Å². The molecule has 2 N–H and O–H groups in total. The highest BCUT2D eigenvalue weighted by molar-refractivity contribution is 5.95. The highest BCUT2D eigenvalue weighted by atomic mass is 16.5. The molecular formula is C19H24N4O4. The molecule has 1 fully saturated rings. The Morgan fingerprint density at radius 2 is 1.85 bits per heavy atom. The molecule has 2 atom stereocenters. The van der Waals surface area contributed by atoms with E-state index < -0.39 is 12.1 Å². The minimum absolute atomic E-state index is 0.244. The minimum Gasteiger partial charge on any atom is -0.468 e. The van der Waals surface area contributed by atoms with Gasteiger partial charge in [0.2, 0.25) is 5.91 Å². The highest BCUT2D eigenvalue weighted by Crippen LogP contribution is 2.17. The monoisotopic (exact) mass is 372 g/mol. The molecule has 3 rings (SSSR count). The molecule has 0 aliphatic carbocycles. The Hall–Kier alpha value is -2.87. The predicted octanol–water partition coefficient (Wildman–Crippen LogP) is 1.11. The summed E-state index contributed by atoms with van der Waals surface area (Å²) in [4.78, 5) is 37.3. The lowest BCUT2D eigenvalue weighted by Crippen LogP contribution is -2.52. The second kappa shape index (κ2) is 7.79. The van der Waals surface area contributed by atoms with E-state index in [1.54, 1.807) is 18.7 Å². The van der Waals surface area contributed by atoms with Crippen LogP contribution in [0.5, 0.6) is 0 Å². The Bertz CT molecular complexity index is 900. The van der Waals surface area contributed by atoms with E-state index >= 15 is 0 Å². The summed E-state index contributed by atoms with van der Waals surface area (Å²) >= 11 is 0. The summed E-state index contributed by atoms with van der Waals surface area (Å²) in [5, 5.41) is 5.76. The van der Waals surface area contributed by atoms with E-state index in [1.807, 2.05) is 30.3 Å². The van der Waals surface area contributed by atoms with Gasteiger partial charge in [-0.25, -0.2) is 4.68 Å². The molecule has 0 unspecified atom stereocenters. The van der Waals surface area contributed by atoms with Crippen molar-refractivity contribution in [1.82, 2.24) is 14.7 Å². The van der Waals surface area contributed by atoms with Gasteiger partial charge in [0.05, 0.1) is 24.5 Å². The van der Waals surface area contributed by atoms with E-state index in [9.17, 15) is 14.4 Å². The van der Waals surface area contributed by atoms with Gasteiger partial charge in [0.1, 0.15) is 11.7 Å². The standard InChI is InChI=1S/C19H24N4O4/c1-12-16(18(25)23(22(12)2)13-8-5-4-6-9-13)21-17(24)14-10-7-11-15(20-14)19(26)27-3/h4-6,8-9,14-15,20H,7,10-11H2,1-3H3,(H,21,24)/t14-,15+/m0/s1. The second-order valence-corrected chi connectivity index (χ2v) is 6.65. The SMILES string of the molecule is COC(=O)[C@H]1CCC[C@@H](C(=O)Nc2c(C)n(C)n(-c3ccccc3)c2=O)N1. The first-order chi connectivity index (χ1) is 12.9. The van der Waals surface area contributed by atoms with E-state index in [1.165, 1.54) is 11.8 Å². The molecule has 0 saturated carbocycles. The molecule has 27 heavy (non-hydrogen) atoms. The zero-order chi connectivity index (χ0) is 19.6. The van der Waals surface area contributed by atoms with Gasteiger partial charge in [-0.15, -0.1) is 0 Å². The van der Waals surface area contributed by atoms with Crippen molar-refractivity contribution in [3.63, 3.8) is 0 Å². The zero-order valence-corrected chi connectivity index (χ0v) is 15.7. The topological polar surface area (TPSA) is 94.4 Å². The summed E-state index contributed by atoms with van der Waals surface area (Å²) in [7, 11) is 3.10. The molecule has 8 nitrogen and oxygen atoms in total. The lowest BCUT2D eigenvalue weighted by molar-refractivity contribution is -0.144. The highest BCUT2D eigenvalue weighted by Gasteiger charge is 2.31. The molecule has 2 heterocycles. The number of nitrogens with one attached hydrogen (secondary N) is 2. The van der Waals surface area contributed by atoms with Gasteiger partial charge in [0.15, 0.2) is 0 Å². The molecule has 1 aliphatic heterocycles. The molecule has 144 valence electrons. The molecule has 0 radical (unpaired) electrons. The molecule has 1 aromatic carbocycles. The van der Waals surface area contributed by atoms with Crippen LogP contribution in [0.25, 0.3) is 5.69 Å². The van der Waals surface area contributed by atoms with Crippen molar-refractivity contribution in [2.75, 3.05) is 12.4 Å². The summed E-state index contributed by atoms with van der Waals surface area (Å²) < 4.78 is 7.97. The lowest BCUT2D eigenvalue weighted by atomic mass is 9.98. The third-order valence-corrected chi connectivity index (χ3v) is 4.99. The molecular weight excluding hydrogens is 348 g/mol. The third-order valence-electron chi connectivity index (χ3n) is 4.99. The van der Waals surface area contributed by atoms with Crippen molar-refractivity contribution in [2.24, 2.45) is 7.05 Å². The van der Waals surface area contributed by atoms with Gasteiger partial charge in [-0.2, -0.15) is 0 Å². The molecule has 1 amide bonds. The number of hydrogen-bond acceptors (Lipinski definition) is 5. The number of amides is 1. The van der Waals surface area contributed by atoms with Crippen molar-refractivity contribution < 1.29 is 14.3 Å². The van der Waals surface area contributed by atoms with Gasteiger partial charge in [0.25, 0.3) is 5.56 Å². The minimum atomic E-state index is -0.549. The molecule has 1 saturated heterocycles. The summed E-state index contributed by atoms with van der Waals surface area (Å²) in [6, 6.07) is 8.18. The van der Waals surface area contributed by atoms with Crippen LogP contribution in [0, 0.1) is 6.92 Å². The Balaban J connectivity index is 1.83. The second-order valence-electron chi connectivity index (χ2n) is 6.65. The van der Waals surface area contributed by atoms with E-state index in [0.29, 0.717) is 18.5 Å². The van der Waals surface area contributed by atoms with Crippen molar-refractivity contribution in [3.05, 3.63) is 46.4 Å². The normalized spacial score (nSPS) is 19.5.